The maximum Gasteiger partial charge on any atom is 0.151 e. The molecule has 0 amide bonds. The molecule has 0 N–H and O–H groups in total. The lowest BCUT2D eigenvalue weighted by Crippen LogP contribution is -1.70. The number of halogens is 1. The lowest BCUT2D eigenvalue weighted by Gasteiger charge is -1.87. The molecule has 0 aliphatic rings. The summed E-state index contributed by atoms with van der Waals surface area (Å²) in [5, 5.41) is 0.783. The highest BCUT2D eigenvalue weighted by Gasteiger charge is 2.05. The van der Waals surface area contributed by atoms with Crippen LogP contribution in [0.15, 0.2) is 35.2 Å². The van der Waals surface area contributed by atoms with Gasteiger partial charge < -0.3 is 0 Å². The predicted molar refractivity (Wildman–Crippen MR) is 65.6 cm³/mol. The molecule has 0 fully saturated rings. The van der Waals surface area contributed by atoms with E-state index in [-0.39, 0.29) is 0 Å². The van der Waals surface area contributed by atoms with E-state index in [0.29, 0.717) is 0 Å². The number of hydrogen-bond donors (Lipinski definition) is 0. The molecule has 0 unspecified atom stereocenters. The zero-order valence-corrected chi connectivity index (χ0v) is 9.75. The van der Waals surface area contributed by atoms with Crippen LogP contribution in [0.4, 0.5) is 0 Å². The molecule has 0 atom stereocenters. The van der Waals surface area contributed by atoms with Crippen molar-refractivity contribution in [3.05, 3.63) is 35.9 Å². The van der Waals surface area contributed by atoms with E-state index in [1.807, 2.05) is 24.3 Å². The molecule has 1 aromatic heterocycles. The molecule has 0 aliphatic carbocycles. The minimum absolute atomic E-state index is 0.783. The maximum atomic E-state index is 6.05. The third-order valence-electron chi connectivity index (χ3n) is 1.67. The van der Waals surface area contributed by atoms with Crippen LogP contribution in [-0.4, -0.2) is 10.7 Å². The molecule has 0 aliphatic heterocycles. The fraction of sp³-hybridized carbons (Fsp3) is 0.100. The van der Waals surface area contributed by atoms with Gasteiger partial charge in [-0.15, -0.1) is 17.9 Å². The lowest BCUT2D eigenvalue weighted by atomic mass is 10.3. The number of thioether (sulfide) groups is 1. The van der Waals surface area contributed by atoms with Gasteiger partial charge in [-0.05, 0) is 12.1 Å². The predicted octanol–water partition coefficient (Wildman–Crippen LogP) is 4.23. The van der Waals surface area contributed by atoms with Crippen molar-refractivity contribution in [1.82, 2.24) is 4.98 Å². The number of rotatable bonds is 3. The number of thiazole rings is 1. The number of hydrogen-bond acceptors (Lipinski definition) is 3. The van der Waals surface area contributed by atoms with Crippen LogP contribution < -0.4 is 0 Å². The molecule has 0 saturated carbocycles. The zero-order chi connectivity index (χ0) is 9.97. The molecule has 0 radical (unpaired) electrons. The molecule has 0 spiro atoms. The molecule has 1 heterocycles. The summed E-state index contributed by atoms with van der Waals surface area (Å²) in [5.74, 6) is 0.886. The van der Waals surface area contributed by atoms with Gasteiger partial charge >= 0.3 is 0 Å². The monoisotopic (exact) mass is 241 g/mol. The first kappa shape index (κ1) is 10.0. The van der Waals surface area contributed by atoms with E-state index in [2.05, 4.69) is 11.6 Å². The van der Waals surface area contributed by atoms with Gasteiger partial charge in [-0.25, -0.2) is 4.98 Å². The SMILES string of the molecule is C=CCSc1nc2cccc(Cl)c2s1. The van der Waals surface area contributed by atoms with E-state index in [1.54, 1.807) is 23.1 Å². The second kappa shape index (κ2) is 4.34. The summed E-state index contributed by atoms with van der Waals surface area (Å²) in [6.45, 7) is 3.68. The zero-order valence-electron chi connectivity index (χ0n) is 7.37. The fourth-order valence-corrected chi connectivity index (χ4v) is 3.19. The standard InChI is InChI=1S/C10H8ClNS2/c1-2-6-13-10-12-8-5-3-4-7(11)9(8)14-10/h2-5H,1,6H2. The molecule has 1 nitrogen and oxygen atoms in total. The smallest absolute Gasteiger partial charge is 0.151 e. The van der Waals surface area contributed by atoms with Gasteiger partial charge in [-0.1, -0.05) is 35.5 Å². The Morgan fingerprint density at radius 2 is 2.43 bits per heavy atom. The van der Waals surface area contributed by atoms with E-state index < -0.39 is 0 Å². The summed E-state index contributed by atoms with van der Waals surface area (Å²) >= 11 is 9.37. The highest BCUT2D eigenvalue weighted by molar-refractivity contribution is 8.01. The highest BCUT2D eigenvalue weighted by Crippen LogP contribution is 2.33. The Morgan fingerprint density at radius 1 is 1.57 bits per heavy atom. The van der Waals surface area contributed by atoms with Gasteiger partial charge in [0.1, 0.15) is 0 Å². The van der Waals surface area contributed by atoms with Gasteiger partial charge in [0, 0.05) is 5.75 Å². The van der Waals surface area contributed by atoms with Crippen molar-refractivity contribution >= 4 is 44.9 Å². The summed E-state index contributed by atoms with van der Waals surface area (Å²) in [6.07, 6.45) is 1.87. The topological polar surface area (TPSA) is 12.9 Å². The minimum atomic E-state index is 0.783. The van der Waals surface area contributed by atoms with Crippen molar-refractivity contribution in [2.45, 2.75) is 4.34 Å². The second-order valence-corrected chi connectivity index (χ2v) is 5.34. The van der Waals surface area contributed by atoms with Crippen molar-refractivity contribution in [3.63, 3.8) is 0 Å². The molecular weight excluding hydrogens is 234 g/mol. The molecule has 72 valence electrons. The lowest BCUT2D eigenvalue weighted by molar-refractivity contribution is 1.30. The third-order valence-corrected chi connectivity index (χ3v) is 4.34. The number of fused-ring (bicyclic) bond motifs is 1. The first-order chi connectivity index (χ1) is 6.81. The van der Waals surface area contributed by atoms with Crippen molar-refractivity contribution < 1.29 is 0 Å². The Hall–Kier alpha value is -0.510. The molecule has 0 saturated heterocycles. The van der Waals surface area contributed by atoms with E-state index in [9.17, 15) is 0 Å². The second-order valence-electron chi connectivity index (χ2n) is 2.67. The summed E-state index contributed by atoms with van der Waals surface area (Å²) < 4.78 is 2.12. The van der Waals surface area contributed by atoms with Crippen LogP contribution in [0.2, 0.25) is 5.02 Å². The first-order valence-corrected chi connectivity index (χ1v) is 6.28. The average Bonchev–Trinajstić information content (AvgIpc) is 2.59. The van der Waals surface area contributed by atoms with Crippen LogP contribution in [0.5, 0.6) is 0 Å². The Morgan fingerprint density at radius 3 is 3.14 bits per heavy atom. The van der Waals surface area contributed by atoms with Gasteiger partial charge in [-0.2, -0.15) is 0 Å². The van der Waals surface area contributed by atoms with Gasteiger partial charge in [0.15, 0.2) is 4.34 Å². The molecular formula is C10H8ClNS2. The van der Waals surface area contributed by atoms with Crippen molar-refractivity contribution in [1.29, 1.82) is 0 Å². The van der Waals surface area contributed by atoms with E-state index >= 15 is 0 Å². The largest absolute Gasteiger partial charge is 0.230 e. The van der Waals surface area contributed by atoms with Gasteiger partial charge in [0.05, 0.1) is 15.2 Å². The summed E-state index contributed by atoms with van der Waals surface area (Å²) in [5.41, 5.74) is 0.981. The minimum Gasteiger partial charge on any atom is -0.230 e. The van der Waals surface area contributed by atoms with Crippen LogP contribution >= 0.6 is 34.7 Å². The third kappa shape index (κ3) is 1.95. The number of aromatic nitrogens is 1. The highest BCUT2D eigenvalue weighted by atomic mass is 35.5. The Kier molecular flexibility index (Phi) is 3.11. The number of benzene rings is 1. The van der Waals surface area contributed by atoms with Gasteiger partial charge in [-0.3, -0.25) is 0 Å². The number of nitrogens with zero attached hydrogens (tertiary/aromatic N) is 1. The molecule has 0 bridgehead atoms. The van der Waals surface area contributed by atoms with Crippen LogP contribution in [-0.2, 0) is 0 Å². The van der Waals surface area contributed by atoms with E-state index in [1.165, 1.54) is 0 Å². The van der Waals surface area contributed by atoms with Crippen molar-refractivity contribution in [2.75, 3.05) is 5.75 Å². The van der Waals surface area contributed by atoms with Crippen LogP contribution in [0.3, 0.4) is 0 Å². The normalized spacial score (nSPS) is 10.6. The molecule has 2 aromatic rings. The Bertz CT molecular complexity index is 464. The van der Waals surface area contributed by atoms with Crippen molar-refractivity contribution in [3.8, 4) is 0 Å². The Balaban J connectivity index is 2.41. The first-order valence-electron chi connectivity index (χ1n) is 4.10. The van der Waals surface area contributed by atoms with Crippen LogP contribution in [0.1, 0.15) is 0 Å². The molecule has 1 aromatic carbocycles. The van der Waals surface area contributed by atoms with Gasteiger partial charge in [0.2, 0.25) is 0 Å². The molecule has 4 heteroatoms. The molecule has 2 rings (SSSR count). The summed E-state index contributed by atoms with van der Waals surface area (Å²) in [6, 6.07) is 5.80. The summed E-state index contributed by atoms with van der Waals surface area (Å²) in [7, 11) is 0. The quantitative estimate of drug-likeness (QED) is 0.589. The van der Waals surface area contributed by atoms with Crippen LogP contribution in [0, 0.1) is 0 Å². The fourth-order valence-electron chi connectivity index (χ4n) is 1.09. The molecule has 14 heavy (non-hydrogen) atoms. The van der Waals surface area contributed by atoms with Crippen LogP contribution in [0.25, 0.3) is 10.2 Å². The summed E-state index contributed by atoms with van der Waals surface area (Å²) in [4.78, 5) is 4.46. The Labute approximate surface area is 95.8 Å². The van der Waals surface area contributed by atoms with E-state index in [0.717, 1.165) is 25.3 Å². The van der Waals surface area contributed by atoms with Gasteiger partial charge in [0.25, 0.3) is 0 Å². The van der Waals surface area contributed by atoms with E-state index in [4.69, 9.17) is 11.6 Å². The average molecular weight is 242 g/mol. The van der Waals surface area contributed by atoms with Crippen molar-refractivity contribution in [2.24, 2.45) is 0 Å². The maximum absolute atomic E-state index is 6.05.